The number of hydrogen-bond acceptors (Lipinski definition) is 3. The maximum Gasteiger partial charge on any atom is 0.217 e. The lowest BCUT2D eigenvalue weighted by atomic mass is 9.78. The lowest BCUT2D eigenvalue weighted by molar-refractivity contribution is -0.272. The molecule has 0 aliphatic carbocycles. The minimum atomic E-state index is -1.30. The highest BCUT2D eigenvalue weighted by molar-refractivity contribution is 7.91. The molecule has 1 aromatic carbocycles. The van der Waals surface area contributed by atoms with Gasteiger partial charge in [0.25, 0.3) is 0 Å². The summed E-state index contributed by atoms with van der Waals surface area (Å²) >= 11 is -1.25. The first kappa shape index (κ1) is 14.9. The van der Waals surface area contributed by atoms with E-state index in [1.807, 2.05) is 45.0 Å². The molecule has 2 rings (SSSR count). The maximum atomic E-state index is 12.4. The standard InChI is InChI=1S/C15H22O3S/c1-12-5-7-13(8-6-12)19(17)11-15(16)14(2,3)9-4-10-18-15/h5-8,16H,4,9-11H2,1-3H3. The van der Waals surface area contributed by atoms with Crippen LogP contribution in [0.25, 0.3) is 0 Å². The van der Waals surface area contributed by atoms with Gasteiger partial charge in [0.2, 0.25) is 5.79 Å². The molecule has 2 unspecified atom stereocenters. The van der Waals surface area contributed by atoms with Gasteiger partial charge in [-0.1, -0.05) is 31.5 Å². The molecule has 19 heavy (non-hydrogen) atoms. The Morgan fingerprint density at radius 3 is 2.53 bits per heavy atom. The largest absolute Gasteiger partial charge is 0.611 e. The van der Waals surface area contributed by atoms with Crippen LogP contribution in [0.2, 0.25) is 0 Å². The Balaban J connectivity index is 2.12. The highest BCUT2D eigenvalue weighted by Crippen LogP contribution is 2.41. The number of benzene rings is 1. The van der Waals surface area contributed by atoms with E-state index < -0.39 is 17.0 Å². The van der Waals surface area contributed by atoms with Crippen LogP contribution in [0, 0.1) is 12.3 Å². The number of hydrogen-bond donors (Lipinski definition) is 1. The molecule has 0 spiro atoms. The Hall–Kier alpha value is -0.550. The van der Waals surface area contributed by atoms with Crippen LogP contribution in [0.5, 0.6) is 0 Å². The fourth-order valence-electron chi connectivity index (χ4n) is 2.33. The summed E-state index contributed by atoms with van der Waals surface area (Å²) in [4.78, 5) is 0.740. The van der Waals surface area contributed by atoms with Crippen LogP contribution in [0.15, 0.2) is 29.2 Å². The number of aryl methyl sites for hydroxylation is 1. The highest BCUT2D eigenvalue weighted by atomic mass is 32.2. The quantitative estimate of drug-likeness (QED) is 0.867. The van der Waals surface area contributed by atoms with E-state index in [0.29, 0.717) is 6.61 Å². The SMILES string of the molecule is Cc1ccc([S+]([O-])CC2(O)OCCCC2(C)C)cc1. The topological polar surface area (TPSA) is 52.5 Å². The lowest BCUT2D eigenvalue weighted by Crippen LogP contribution is -2.54. The second-order valence-electron chi connectivity index (χ2n) is 5.92. The second kappa shape index (κ2) is 5.44. The van der Waals surface area contributed by atoms with Crippen molar-refractivity contribution in [2.45, 2.75) is 44.3 Å². The molecule has 3 nitrogen and oxygen atoms in total. The average Bonchev–Trinajstić information content (AvgIpc) is 2.34. The first-order valence-corrected chi connectivity index (χ1v) is 7.97. The van der Waals surface area contributed by atoms with Gasteiger partial charge >= 0.3 is 0 Å². The van der Waals surface area contributed by atoms with Gasteiger partial charge in [0, 0.05) is 5.41 Å². The van der Waals surface area contributed by atoms with Crippen LogP contribution in [-0.2, 0) is 15.9 Å². The molecule has 0 saturated carbocycles. The van der Waals surface area contributed by atoms with Crippen LogP contribution in [0.3, 0.4) is 0 Å². The van der Waals surface area contributed by atoms with Crippen LogP contribution < -0.4 is 0 Å². The van der Waals surface area contributed by atoms with Gasteiger partial charge < -0.3 is 14.4 Å². The summed E-state index contributed by atoms with van der Waals surface area (Å²) in [5, 5.41) is 10.7. The van der Waals surface area contributed by atoms with Gasteiger partial charge in [0.1, 0.15) is 0 Å². The highest BCUT2D eigenvalue weighted by Gasteiger charge is 2.50. The van der Waals surface area contributed by atoms with Gasteiger partial charge in [-0.15, -0.1) is 0 Å². The van der Waals surface area contributed by atoms with E-state index in [0.717, 1.165) is 23.3 Å². The molecule has 0 bridgehead atoms. The summed E-state index contributed by atoms with van der Waals surface area (Å²) in [5.41, 5.74) is 0.764. The van der Waals surface area contributed by atoms with Gasteiger partial charge in [-0.2, -0.15) is 0 Å². The van der Waals surface area contributed by atoms with E-state index >= 15 is 0 Å². The third-order valence-electron chi connectivity index (χ3n) is 3.96. The maximum absolute atomic E-state index is 12.4. The Morgan fingerprint density at radius 1 is 1.32 bits per heavy atom. The second-order valence-corrected chi connectivity index (χ2v) is 7.37. The van der Waals surface area contributed by atoms with E-state index in [2.05, 4.69) is 0 Å². The van der Waals surface area contributed by atoms with Crippen molar-refractivity contribution in [1.29, 1.82) is 0 Å². The molecule has 1 aliphatic rings. The van der Waals surface area contributed by atoms with Crippen molar-refractivity contribution in [3.8, 4) is 0 Å². The predicted molar refractivity (Wildman–Crippen MR) is 76.4 cm³/mol. The zero-order valence-electron chi connectivity index (χ0n) is 11.8. The smallest absolute Gasteiger partial charge is 0.217 e. The number of aliphatic hydroxyl groups is 1. The molecule has 0 radical (unpaired) electrons. The third kappa shape index (κ3) is 3.14. The monoisotopic (exact) mass is 282 g/mol. The zero-order chi connectivity index (χ0) is 14.1. The molecule has 106 valence electrons. The molecular formula is C15H22O3S. The molecule has 1 aliphatic heterocycles. The third-order valence-corrected chi connectivity index (χ3v) is 5.41. The van der Waals surface area contributed by atoms with Crippen molar-refractivity contribution in [1.82, 2.24) is 0 Å². The normalized spacial score (nSPS) is 28.1. The fourth-order valence-corrected chi connectivity index (χ4v) is 3.77. The van der Waals surface area contributed by atoms with Crippen LogP contribution in [0.1, 0.15) is 32.3 Å². The first-order valence-electron chi connectivity index (χ1n) is 6.65. The van der Waals surface area contributed by atoms with Crippen molar-refractivity contribution in [3.05, 3.63) is 29.8 Å². The van der Waals surface area contributed by atoms with Gasteiger partial charge in [-0.3, -0.25) is 0 Å². The molecule has 1 aromatic rings. The molecule has 1 heterocycles. The predicted octanol–water partition coefficient (Wildman–Crippen LogP) is 2.63. The van der Waals surface area contributed by atoms with E-state index in [9.17, 15) is 9.66 Å². The number of rotatable bonds is 3. The van der Waals surface area contributed by atoms with Crippen molar-refractivity contribution < 1.29 is 14.4 Å². The molecule has 1 fully saturated rings. The van der Waals surface area contributed by atoms with E-state index in [1.165, 1.54) is 0 Å². The summed E-state index contributed by atoms with van der Waals surface area (Å²) in [6, 6.07) is 7.57. The summed E-state index contributed by atoms with van der Waals surface area (Å²) in [7, 11) is 0. The molecule has 1 N–H and O–H groups in total. The zero-order valence-corrected chi connectivity index (χ0v) is 12.6. The molecule has 2 atom stereocenters. The van der Waals surface area contributed by atoms with Crippen LogP contribution in [-0.4, -0.2) is 27.8 Å². The molecule has 0 amide bonds. The summed E-state index contributed by atoms with van der Waals surface area (Å²) in [5.74, 6) is -1.18. The van der Waals surface area contributed by atoms with Crippen molar-refractivity contribution in [2.24, 2.45) is 5.41 Å². The fraction of sp³-hybridized carbons (Fsp3) is 0.600. The molecule has 4 heteroatoms. The Labute approximate surface area is 118 Å². The molecular weight excluding hydrogens is 260 g/mol. The van der Waals surface area contributed by atoms with Gasteiger partial charge in [-0.25, -0.2) is 0 Å². The average molecular weight is 282 g/mol. The first-order chi connectivity index (χ1) is 8.84. The van der Waals surface area contributed by atoms with E-state index in [4.69, 9.17) is 4.74 Å². The summed E-state index contributed by atoms with van der Waals surface area (Å²) in [6.07, 6.45) is 1.82. The van der Waals surface area contributed by atoms with E-state index in [-0.39, 0.29) is 11.2 Å². The summed E-state index contributed by atoms with van der Waals surface area (Å²) < 4.78 is 17.9. The van der Waals surface area contributed by atoms with Crippen LogP contribution >= 0.6 is 0 Å². The van der Waals surface area contributed by atoms with Gasteiger partial charge in [0.15, 0.2) is 10.6 Å². The van der Waals surface area contributed by atoms with Gasteiger partial charge in [0.05, 0.1) is 6.61 Å². The summed E-state index contributed by atoms with van der Waals surface area (Å²) in [6.45, 7) is 6.47. The van der Waals surface area contributed by atoms with Crippen molar-refractivity contribution in [2.75, 3.05) is 12.4 Å². The Morgan fingerprint density at radius 2 is 1.95 bits per heavy atom. The minimum absolute atomic E-state index is 0.128. The van der Waals surface area contributed by atoms with Gasteiger partial charge in [-0.05, 0) is 43.1 Å². The number of ether oxygens (including phenoxy) is 1. The molecule has 1 saturated heterocycles. The lowest BCUT2D eigenvalue weighted by Gasteiger charge is -2.44. The minimum Gasteiger partial charge on any atom is -0.611 e. The van der Waals surface area contributed by atoms with Crippen molar-refractivity contribution >= 4 is 11.2 Å². The Kier molecular flexibility index (Phi) is 4.26. The van der Waals surface area contributed by atoms with Crippen LogP contribution in [0.4, 0.5) is 0 Å². The van der Waals surface area contributed by atoms with Crippen molar-refractivity contribution in [3.63, 3.8) is 0 Å². The Bertz CT molecular complexity index is 430. The van der Waals surface area contributed by atoms with E-state index in [1.54, 1.807) is 0 Å². The molecule has 0 aromatic heterocycles.